The molecule has 0 aliphatic rings. The van der Waals surface area contributed by atoms with Gasteiger partial charge in [0, 0.05) is 24.0 Å². The Balaban J connectivity index is 2.34. The van der Waals surface area contributed by atoms with Crippen LogP contribution in [-0.4, -0.2) is 38.6 Å². The van der Waals surface area contributed by atoms with Gasteiger partial charge in [0.2, 0.25) is 10.0 Å². The normalized spacial score (nSPS) is 13.9. The van der Waals surface area contributed by atoms with Gasteiger partial charge in [0.05, 0.1) is 6.26 Å². The maximum atomic E-state index is 11.4. The second kappa shape index (κ2) is 7.99. The standard InChI is InChI=1S/C13H24N2O2S2/c1-4-12(13-8-6-11-18-13)14-9-7-10-15(5-2)19(3,16)17/h6,8,11-12,14H,4-5,7,9-10H2,1-3H3. The van der Waals surface area contributed by atoms with Crippen molar-refractivity contribution in [2.75, 3.05) is 25.9 Å². The first-order valence-corrected chi connectivity index (χ1v) is 9.43. The molecule has 1 unspecified atom stereocenters. The smallest absolute Gasteiger partial charge is 0.211 e. The predicted octanol–water partition coefficient (Wildman–Crippen LogP) is 2.46. The molecule has 1 aromatic heterocycles. The lowest BCUT2D eigenvalue weighted by Crippen LogP contribution is -2.32. The summed E-state index contributed by atoms with van der Waals surface area (Å²) in [5, 5.41) is 5.58. The van der Waals surface area contributed by atoms with Crippen molar-refractivity contribution in [3.05, 3.63) is 22.4 Å². The van der Waals surface area contributed by atoms with E-state index in [0.717, 1.165) is 19.4 Å². The predicted molar refractivity (Wildman–Crippen MR) is 82.1 cm³/mol. The van der Waals surface area contributed by atoms with Crippen molar-refractivity contribution in [3.8, 4) is 0 Å². The van der Waals surface area contributed by atoms with E-state index in [2.05, 4.69) is 29.8 Å². The molecule has 0 aliphatic carbocycles. The second-order valence-corrected chi connectivity index (χ2v) is 7.50. The van der Waals surface area contributed by atoms with Crippen LogP contribution in [0.4, 0.5) is 0 Å². The molecule has 0 amide bonds. The van der Waals surface area contributed by atoms with Crippen LogP contribution in [0.25, 0.3) is 0 Å². The SMILES string of the molecule is CCC(NCCCN(CC)S(C)(=O)=O)c1cccs1. The lowest BCUT2D eigenvalue weighted by molar-refractivity contribution is 0.410. The lowest BCUT2D eigenvalue weighted by atomic mass is 10.2. The van der Waals surface area contributed by atoms with Crippen LogP contribution in [0, 0.1) is 0 Å². The number of hydrogen-bond acceptors (Lipinski definition) is 4. The zero-order chi connectivity index (χ0) is 14.3. The van der Waals surface area contributed by atoms with Crippen LogP contribution in [0.5, 0.6) is 0 Å². The molecule has 1 N–H and O–H groups in total. The second-order valence-electron chi connectivity index (χ2n) is 4.54. The van der Waals surface area contributed by atoms with Gasteiger partial charge in [0.15, 0.2) is 0 Å². The molecule has 1 atom stereocenters. The topological polar surface area (TPSA) is 49.4 Å². The van der Waals surface area contributed by atoms with Gasteiger partial charge in [0.25, 0.3) is 0 Å². The van der Waals surface area contributed by atoms with Gasteiger partial charge < -0.3 is 5.32 Å². The molecule has 0 aliphatic heterocycles. The fourth-order valence-corrected chi connectivity index (χ4v) is 3.84. The van der Waals surface area contributed by atoms with Gasteiger partial charge in [0.1, 0.15) is 0 Å². The van der Waals surface area contributed by atoms with Gasteiger partial charge in [-0.1, -0.05) is 19.9 Å². The van der Waals surface area contributed by atoms with E-state index in [1.165, 1.54) is 15.4 Å². The van der Waals surface area contributed by atoms with Crippen molar-refractivity contribution in [1.29, 1.82) is 0 Å². The van der Waals surface area contributed by atoms with E-state index in [1.54, 1.807) is 11.3 Å². The number of nitrogens with zero attached hydrogens (tertiary/aromatic N) is 1. The van der Waals surface area contributed by atoms with E-state index in [4.69, 9.17) is 0 Å². The fraction of sp³-hybridized carbons (Fsp3) is 0.692. The van der Waals surface area contributed by atoms with Crippen molar-refractivity contribution >= 4 is 21.4 Å². The van der Waals surface area contributed by atoms with Gasteiger partial charge in [-0.25, -0.2) is 12.7 Å². The summed E-state index contributed by atoms with van der Waals surface area (Å²) in [5.74, 6) is 0. The molecule has 0 radical (unpaired) electrons. The van der Waals surface area contributed by atoms with Crippen molar-refractivity contribution in [2.45, 2.75) is 32.7 Å². The molecule has 0 aromatic carbocycles. The third-order valence-corrected chi connectivity index (χ3v) is 5.46. The van der Waals surface area contributed by atoms with E-state index in [-0.39, 0.29) is 0 Å². The molecule has 1 aromatic rings. The summed E-state index contributed by atoms with van der Waals surface area (Å²) in [7, 11) is -3.06. The zero-order valence-corrected chi connectivity index (χ0v) is 13.6. The molecule has 0 spiro atoms. The summed E-state index contributed by atoms with van der Waals surface area (Å²) in [6.07, 6.45) is 3.15. The minimum Gasteiger partial charge on any atom is -0.309 e. The molecule has 0 saturated carbocycles. The van der Waals surface area contributed by atoms with E-state index in [1.807, 2.05) is 6.92 Å². The molecule has 1 heterocycles. The highest BCUT2D eigenvalue weighted by Gasteiger charge is 2.14. The van der Waals surface area contributed by atoms with Gasteiger partial charge in [-0.15, -0.1) is 11.3 Å². The highest BCUT2D eigenvalue weighted by molar-refractivity contribution is 7.88. The quantitative estimate of drug-likeness (QED) is 0.713. The van der Waals surface area contributed by atoms with Crippen LogP contribution in [0.2, 0.25) is 0 Å². The van der Waals surface area contributed by atoms with Crippen molar-refractivity contribution in [3.63, 3.8) is 0 Å². The molecular formula is C13H24N2O2S2. The first kappa shape index (κ1) is 16.6. The van der Waals surface area contributed by atoms with Crippen LogP contribution < -0.4 is 5.32 Å². The molecule has 19 heavy (non-hydrogen) atoms. The van der Waals surface area contributed by atoms with E-state index in [9.17, 15) is 8.42 Å². The molecule has 110 valence electrons. The highest BCUT2D eigenvalue weighted by Crippen LogP contribution is 2.21. The van der Waals surface area contributed by atoms with E-state index >= 15 is 0 Å². The minimum atomic E-state index is -3.06. The number of hydrogen-bond donors (Lipinski definition) is 1. The molecule has 4 nitrogen and oxygen atoms in total. The Hall–Kier alpha value is -0.430. The van der Waals surface area contributed by atoms with Gasteiger partial charge in [-0.3, -0.25) is 0 Å². The average Bonchev–Trinajstić information content (AvgIpc) is 2.86. The number of rotatable bonds is 9. The third kappa shape index (κ3) is 5.60. The maximum absolute atomic E-state index is 11.4. The number of sulfonamides is 1. The molecule has 6 heteroatoms. The van der Waals surface area contributed by atoms with Gasteiger partial charge >= 0.3 is 0 Å². The van der Waals surface area contributed by atoms with Crippen molar-refractivity contribution < 1.29 is 8.42 Å². The third-order valence-electron chi connectivity index (χ3n) is 3.09. The Morgan fingerprint density at radius 2 is 2.16 bits per heavy atom. The lowest BCUT2D eigenvalue weighted by Gasteiger charge is -2.19. The largest absolute Gasteiger partial charge is 0.309 e. The summed E-state index contributed by atoms with van der Waals surface area (Å²) in [4.78, 5) is 1.35. The van der Waals surface area contributed by atoms with E-state index in [0.29, 0.717) is 19.1 Å². The molecular weight excluding hydrogens is 280 g/mol. The van der Waals surface area contributed by atoms with Gasteiger partial charge in [-0.2, -0.15) is 0 Å². The molecule has 0 bridgehead atoms. The first-order chi connectivity index (χ1) is 8.99. The monoisotopic (exact) mass is 304 g/mol. The van der Waals surface area contributed by atoms with Crippen molar-refractivity contribution in [2.24, 2.45) is 0 Å². The minimum absolute atomic E-state index is 0.383. The molecule has 0 saturated heterocycles. The van der Waals surface area contributed by atoms with Gasteiger partial charge in [-0.05, 0) is 30.8 Å². The average molecular weight is 304 g/mol. The van der Waals surface area contributed by atoms with Crippen LogP contribution in [0.15, 0.2) is 17.5 Å². The van der Waals surface area contributed by atoms with Crippen LogP contribution in [0.3, 0.4) is 0 Å². The zero-order valence-electron chi connectivity index (χ0n) is 11.9. The Morgan fingerprint density at radius 3 is 2.63 bits per heavy atom. The first-order valence-electron chi connectivity index (χ1n) is 6.71. The van der Waals surface area contributed by atoms with E-state index < -0.39 is 10.0 Å². The molecule has 0 fully saturated rings. The molecule has 1 rings (SSSR count). The highest BCUT2D eigenvalue weighted by atomic mass is 32.2. The number of thiophene rings is 1. The van der Waals surface area contributed by atoms with Crippen LogP contribution in [0.1, 0.15) is 37.6 Å². The Labute approximate surface area is 120 Å². The number of nitrogens with one attached hydrogen (secondary N) is 1. The van der Waals surface area contributed by atoms with Crippen LogP contribution in [-0.2, 0) is 10.0 Å². The fourth-order valence-electron chi connectivity index (χ4n) is 2.03. The Bertz CT molecular complexity index is 443. The Morgan fingerprint density at radius 1 is 1.42 bits per heavy atom. The summed E-state index contributed by atoms with van der Waals surface area (Å²) in [6, 6.07) is 4.58. The van der Waals surface area contributed by atoms with Crippen molar-refractivity contribution in [1.82, 2.24) is 9.62 Å². The summed E-state index contributed by atoms with van der Waals surface area (Å²) in [6.45, 7) is 5.99. The summed E-state index contributed by atoms with van der Waals surface area (Å²) in [5.41, 5.74) is 0. The summed E-state index contributed by atoms with van der Waals surface area (Å²) < 4.78 is 24.4. The summed E-state index contributed by atoms with van der Waals surface area (Å²) >= 11 is 1.76. The van der Waals surface area contributed by atoms with Crippen LogP contribution >= 0.6 is 11.3 Å². The maximum Gasteiger partial charge on any atom is 0.211 e. The Kier molecular flexibility index (Phi) is 6.99.